The second kappa shape index (κ2) is 3.95. The standard InChI is InChI=1S/C13H19N5/c1-13(2)8-18(7-6-16-13)12-11-10(4-5-14-12)17(3)9-15-11/h4-5,9,16H,6-8H2,1-3H3. The molecule has 0 spiro atoms. The summed E-state index contributed by atoms with van der Waals surface area (Å²) in [7, 11) is 2.01. The van der Waals surface area contributed by atoms with E-state index in [1.54, 1.807) is 0 Å². The molecule has 1 N–H and O–H groups in total. The van der Waals surface area contributed by atoms with E-state index in [9.17, 15) is 0 Å². The number of nitrogens with zero attached hydrogens (tertiary/aromatic N) is 4. The van der Waals surface area contributed by atoms with Crippen molar-refractivity contribution in [3.05, 3.63) is 18.6 Å². The minimum atomic E-state index is 0.122. The van der Waals surface area contributed by atoms with Gasteiger partial charge in [-0.15, -0.1) is 0 Å². The van der Waals surface area contributed by atoms with Crippen LogP contribution in [0.3, 0.4) is 0 Å². The van der Waals surface area contributed by atoms with Gasteiger partial charge in [0.25, 0.3) is 0 Å². The lowest BCUT2D eigenvalue weighted by atomic mass is 10.0. The van der Waals surface area contributed by atoms with E-state index in [0.717, 1.165) is 36.5 Å². The summed E-state index contributed by atoms with van der Waals surface area (Å²) in [4.78, 5) is 11.3. The van der Waals surface area contributed by atoms with Gasteiger partial charge in [-0.3, -0.25) is 0 Å². The molecular weight excluding hydrogens is 226 g/mol. The number of aryl methyl sites for hydroxylation is 1. The van der Waals surface area contributed by atoms with Crippen LogP contribution >= 0.6 is 0 Å². The Hall–Kier alpha value is -1.62. The van der Waals surface area contributed by atoms with Gasteiger partial charge in [-0.1, -0.05) is 0 Å². The molecule has 3 heterocycles. The monoisotopic (exact) mass is 245 g/mol. The molecule has 5 nitrogen and oxygen atoms in total. The van der Waals surface area contributed by atoms with Gasteiger partial charge in [-0.2, -0.15) is 0 Å². The Morgan fingerprint density at radius 1 is 1.33 bits per heavy atom. The Labute approximate surface area is 107 Å². The van der Waals surface area contributed by atoms with Gasteiger partial charge in [-0.05, 0) is 19.9 Å². The van der Waals surface area contributed by atoms with Gasteiger partial charge >= 0.3 is 0 Å². The summed E-state index contributed by atoms with van der Waals surface area (Å²) in [5, 5.41) is 3.52. The van der Waals surface area contributed by atoms with Crippen molar-refractivity contribution in [1.82, 2.24) is 19.9 Å². The van der Waals surface area contributed by atoms with Crippen LogP contribution in [-0.2, 0) is 7.05 Å². The number of hydrogen-bond acceptors (Lipinski definition) is 4. The fourth-order valence-electron chi connectivity index (χ4n) is 2.60. The molecule has 2 aromatic rings. The van der Waals surface area contributed by atoms with Crippen molar-refractivity contribution in [2.24, 2.45) is 7.05 Å². The Morgan fingerprint density at radius 2 is 2.17 bits per heavy atom. The number of imidazole rings is 1. The summed E-state index contributed by atoms with van der Waals surface area (Å²) in [6, 6.07) is 2.01. The van der Waals surface area contributed by atoms with Crippen LogP contribution in [0.2, 0.25) is 0 Å². The highest BCUT2D eigenvalue weighted by atomic mass is 15.3. The highest BCUT2D eigenvalue weighted by molar-refractivity contribution is 5.86. The molecule has 0 saturated carbocycles. The molecule has 1 saturated heterocycles. The predicted octanol–water partition coefficient (Wildman–Crippen LogP) is 1.16. The Balaban J connectivity index is 2.04. The number of piperazine rings is 1. The lowest BCUT2D eigenvalue weighted by Gasteiger charge is -2.39. The molecule has 0 amide bonds. The predicted molar refractivity (Wildman–Crippen MR) is 72.8 cm³/mol. The maximum absolute atomic E-state index is 4.53. The number of nitrogens with one attached hydrogen (secondary N) is 1. The highest BCUT2D eigenvalue weighted by Crippen LogP contribution is 2.25. The summed E-state index contributed by atoms with van der Waals surface area (Å²) < 4.78 is 2.04. The number of rotatable bonds is 1. The molecule has 1 aliphatic heterocycles. The number of hydrogen-bond donors (Lipinski definition) is 1. The number of aromatic nitrogens is 3. The Kier molecular flexibility index (Phi) is 2.52. The van der Waals surface area contributed by atoms with Crippen LogP contribution in [0, 0.1) is 0 Å². The van der Waals surface area contributed by atoms with Crippen LogP contribution in [0.25, 0.3) is 11.0 Å². The molecule has 3 rings (SSSR count). The van der Waals surface area contributed by atoms with Gasteiger partial charge in [0.1, 0.15) is 5.52 Å². The normalized spacial score (nSPS) is 19.4. The van der Waals surface area contributed by atoms with E-state index in [-0.39, 0.29) is 5.54 Å². The molecule has 1 fully saturated rings. The molecule has 0 unspecified atom stereocenters. The molecule has 0 atom stereocenters. The fraction of sp³-hybridized carbons (Fsp3) is 0.538. The fourth-order valence-corrected chi connectivity index (χ4v) is 2.60. The highest BCUT2D eigenvalue weighted by Gasteiger charge is 2.27. The SMILES string of the molecule is Cn1cnc2c(N3CCNC(C)(C)C3)nccc21. The van der Waals surface area contributed by atoms with E-state index in [1.807, 2.05) is 30.2 Å². The van der Waals surface area contributed by atoms with Crippen LogP contribution in [0.1, 0.15) is 13.8 Å². The van der Waals surface area contributed by atoms with Crippen LogP contribution in [0.4, 0.5) is 5.82 Å². The Bertz CT molecular complexity index is 572. The van der Waals surface area contributed by atoms with E-state index in [1.165, 1.54) is 0 Å². The van der Waals surface area contributed by atoms with Gasteiger partial charge < -0.3 is 14.8 Å². The van der Waals surface area contributed by atoms with Crippen molar-refractivity contribution >= 4 is 16.9 Å². The van der Waals surface area contributed by atoms with Crippen LogP contribution < -0.4 is 10.2 Å². The third-order valence-electron chi connectivity index (χ3n) is 3.49. The van der Waals surface area contributed by atoms with E-state index < -0.39 is 0 Å². The molecule has 96 valence electrons. The van der Waals surface area contributed by atoms with Gasteiger partial charge in [0.15, 0.2) is 5.82 Å². The molecule has 0 aliphatic carbocycles. The van der Waals surface area contributed by atoms with E-state index in [4.69, 9.17) is 0 Å². The molecular formula is C13H19N5. The average molecular weight is 245 g/mol. The molecule has 1 aliphatic rings. The molecule has 5 heteroatoms. The second-order valence-corrected chi connectivity index (χ2v) is 5.59. The minimum Gasteiger partial charge on any atom is -0.352 e. The van der Waals surface area contributed by atoms with Crippen molar-refractivity contribution in [3.8, 4) is 0 Å². The van der Waals surface area contributed by atoms with E-state index in [2.05, 4.69) is 34.0 Å². The van der Waals surface area contributed by atoms with E-state index >= 15 is 0 Å². The van der Waals surface area contributed by atoms with Gasteiger partial charge in [0, 0.05) is 38.4 Å². The van der Waals surface area contributed by atoms with Gasteiger partial charge in [-0.25, -0.2) is 9.97 Å². The minimum absolute atomic E-state index is 0.122. The van der Waals surface area contributed by atoms with Crippen LogP contribution in [0.15, 0.2) is 18.6 Å². The summed E-state index contributed by atoms with van der Waals surface area (Å²) in [5.74, 6) is 1.00. The molecule has 18 heavy (non-hydrogen) atoms. The summed E-state index contributed by atoms with van der Waals surface area (Å²) in [5.41, 5.74) is 2.26. The smallest absolute Gasteiger partial charge is 0.156 e. The maximum Gasteiger partial charge on any atom is 0.156 e. The summed E-state index contributed by atoms with van der Waals surface area (Å²) in [6.45, 7) is 7.36. The van der Waals surface area contributed by atoms with E-state index in [0.29, 0.717) is 0 Å². The molecule has 0 aromatic carbocycles. The Morgan fingerprint density at radius 3 is 2.94 bits per heavy atom. The van der Waals surface area contributed by atoms with Gasteiger partial charge in [0.05, 0.1) is 11.8 Å². The average Bonchev–Trinajstić information content (AvgIpc) is 2.70. The summed E-state index contributed by atoms with van der Waals surface area (Å²) in [6.07, 6.45) is 3.72. The first-order valence-electron chi connectivity index (χ1n) is 6.33. The first-order valence-corrected chi connectivity index (χ1v) is 6.33. The van der Waals surface area contributed by atoms with Crippen molar-refractivity contribution in [3.63, 3.8) is 0 Å². The third kappa shape index (κ3) is 1.84. The van der Waals surface area contributed by atoms with Crippen molar-refractivity contribution in [2.45, 2.75) is 19.4 Å². The van der Waals surface area contributed by atoms with Crippen LogP contribution in [-0.4, -0.2) is 39.7 Å². The van der Waals surface area contributed by atoms with Crippen molar-refractivity contribution < 1.29 is 0 Å². The number of anilines is 1. The lowest BCUT2D eigenvalue weighted by molar-refractivity contribution is 0.352. The second-order valence-electron chi connectivity index (χ2n) is 5.59. The van der Waals surface area contributed by atoms with Gasteiger partial charge in [0.2, 0.25) is 0 Å². The van der Waals surface area contributed by atoms with Crippen LogP contribution in [0.5, 0.6) is 0 Å². The third-order valence-corrected chi connectivity index (χ3v) is 3.49. The zero-order chi connectivity index (χ0) is 12.8. The largest absolute Gasteiger partial charge is 0.352 e. The zero-order valence-corrected chi connectivity index (χ0v) is 11.1. The quantitative estimate of drug-likeness (QED) is 0.819. The van der Waals surface area contributed by atoms with Crippen molar-refractivity contribution in [2.75, 3.05) is 24.5 Å². The first kappa shape index (κ1) is 11.5. The molecule has 2 aromatic heterocycles. The lowest BCUT2D eigenvalue weighted by Crippen LogP contribution is -2.57. The number of pyridine rings is 1. The zero-order valence-electron chi connectivity index (χ0n) is 11.1. The maximum atomic E-state index is 4.53. The summed E-state index contributed by atoms with van der Waals surface area (Å²) >= 11 is 0. The van der Waals surface area contributed by atoms with Crippen molar-refractivity contribution in [1.29, 1.82) is 0 Å². The number of fused-ring (bicyclic) bond motifs is 1. The first-order chi connectivity index (χ1) is 8.57. The molecule has 0 radical (unpaired) electrons. The molecule has 0 bridgehead atoms. The topological polar surface area (TPSA) is 46.0 Å².